The zero-order valence-electron chi connectivity index (χ0n) is 16.2. The zero-order chi connectivity index (χ0) is 21.0. The van der Waals surface area contributed by atoms with Crippen LogP contribution in [-0.4, -0.2) is 64.9 Å². The average Bonchev–Trinajstić information content (AvgIpc) is 3.25. The number of nitrogens with zero attached hydrogens (tertiary/aromatic N) is 1. The number of benzene rings is 2. The molecule has 160 valence electrons. The molecular weight excluding hydrogens is 412 g/mol. The molecular formula is C20H22N2O7S. The molecule has 0 bridgehead atoms. The van der Waals surface area contributed by atoms with Crippen LogP contribution in [0.15, 0.2) is 47.4 Å². The van der Waals surface area contributed by atoms with Gasteiger partial charge in [-0.3, -0.25) is 4.79 Å². The molecule has 9 nitrogen and oxygen atoms in total. The van der Waals surface area contributed by atoms with Gasteiger partial charge < -0.3 is 24.3 Å². The first-order valence-electron chi connectivity index (χ1n) is 9.53. The third-order valence-electron chi connectivity index (χ3n) is 4.72. The summed E-state index contributed by atoms with van der Waals surface area (Å²) in [7, 11) is -3.58. The number of sulfonamides is 1. The number of fused-ring (bicyclic) bond motifs is 1. The summed E-state index contributed by atoms with van der Waals surface area (Å²) >= 11 is 0. The molecule has 0 aliphatic carbocycles. The average molecular weight is 434 g/mol. The van der Waals surface area contributed by atoms with Crippen molar-refractivity contribution in [2.24, 2.45) is 0 Å². The van der Waals surface area contributed by atoms with Crippen molar-refractivity contribution in [3.05, 3.63) is 48.0 Å². The smallest absolute Gasteiger partial charge is 0.251 e. The zero-order valence-corrected chi connectivity index (χ0v) is 17.0. The molecule has 4 rings (SSSR count). The Morgan fingerprint density at radius 2 is 1.77 bits per heavy atom. The number of hydrogen-bond acceptors (Lipinski definition) is 7. The fourth-order valence-corrected chi connectivity index (χ4v) is 4.52. The second-order valence-corrected chi connectivity index (χ2v) is 8.60. The van der Waals surface area contributed by atoms with E-state index in [4.69, 9.17) is 18.9 Å². The van der Waals surface area contributed by atoms with Gasteiger partial charge in [-0.2, -0.15) is 4.31 Å². The van der Waals surface area contributed by atoms with E-state index < -0.39 is 10.0 Å². The molecule has 0 aromatic heterocycles. The Hall–Kier alpha value is -2.82. The van der Waals surface area contributed by atoms with Gasteiger partial charge >= 0.3 is 0 Å². The third-order valence-corrected chi connectivity index (χ3v) is 6.64. The van der Waals surface area contributed by atoms with Crippen LogP contribution in [0, 0.1) is 0 Å². The largest absolute Gasteiger partial charge is 0.492 e. The predicted octanol–water partition coefficient (Wildman–Crippen LogP) is 1.24. The molecule has 2 aromatic rings. The first-order valence-corrected chi connectivity index (χ1v) is 11.0. The van der Waals surface area contributed by atoms with Crippen LogP contribution in [0.3, 0.4) is 0 Å². The number of morpholine rings is 1. The Morgan fingerprint density at radius 3 is 2.53 bits per heavy atom. The highest BCUT2D eigenvalue weighted by Crippen LogP contribution is 2.35. The standard InChI is InChI=1S/C20H22N2O7S/c23-20(21-7-10-27-16-3-6-18-19(13-16)29-14-28-18)15-1-4-17(5-2-15)30(24,25)22-8-11-26-12-9-22/h1-6,13H,7-12,14H2,(H,21,23). The summed E-state index contributed by atoms with van der Waals surface area (Å²) in [5.41, 5.74) is 0.374. The van der Waals surface area contributed by atoms with E-state index in [0.717, 1.165) is 0 Å². The SMILES string of the molecule is O=C(NCCOc1ccc2c(c1)OCO2)c1ccc(S(=O)(=O)N2CCOCC2)cc1. The lowest BCUT2D eigenvalue weighted by Crippen LogP contribution is -2.40. The van der Waals surface area contributed by atoms with Crippen molar-refractivity contribution in [2.45, 2.75) is 4.90 Å². The molecule has 0 radical (unpaired) electrons. The minimum atomic E-state index is -3.58. The van der Waals surface area contributed by atoms with Crippen molar-refractivity contribution in [1.82, 2.24) is 9.62 Å². The molecule has 1 N–H and O–H groups in total. The lowest BCUT2D eigenvalue weighted by molar-refractivity contribution is 0.0730. The maximum absolute atomic E-state index is 12.6. The molecule has 2 aliphatic heterocycles. The van der Waals surface area contributed by atoms with Crippen molar-refractivity contribution < 1.29 is 32.2 Å². The second kappa shape index (κ2) is 8.90. The van der Waals surface area contributed by atoms with E-state index in [9.17, 15) is 13.2 Å². The topological polar surface area (TPSA) is 103 Å². The van der Waals surface area contributed by atoms with Crippen LogP contribution in [0.25, 0.3) is 0 Å². The Morgan fingerprint density at radius 1 is 1.03 bits per heavy atom. The van der Waals surface area contributed by atoms with Gasteiger partial charge in [0, 0.05) is 24.7 Å². The van der Waals surface area contributed by atoms with Gasteiger partial charge in [0.2, 0.25) is 16.8 Å². The van der Waals surface area contributed by atoms with Crippen LogP contribution in [-0.2, 0) is 14.8 Å². The number of rotatable bonds is 7. The van der Waals surface area contributed by atoms with Crippen molar-refractivity contribution in [1.29, 1.82) is 0 Å². The summed E-state index contributed by atoms with van der Waals surface area (Å²) in [5.74, 6) is 1.61. The van der Waals surface area contributed by atoms with E-state index in [1.807, 2.05) is 0 Å². The van der Waals surface area contributed by atoms with E-state index >= 15 is 0 Å². The van der Waals surface area contributed by atoms with Crippen LogP contribution < -0.4 is 19.5 Å². The Kier molecular flexibility index (Phi) is 6.07. The monoisotopic (exact) mass is 434 g/mol. The quantitative estimate of drug-likeness (QED) is 0.654. The maximum Gasteiger partial charge on any atom is 0.251 e. The molecule has 2 heterocycles. The van der Waals surface area contributed by atoms with Gasteiger partial charge in [0.1, 0.15) is 12.4 Å². The lowest BCUT2D eigenvalue weighted by atomic mass is 10.2. The fraction of sp³-hybridized carbons (Fsp3) is 0.350. The minimum absolute atomic E-state index is 0.159. The van der Waals surface area contributed by atoms with Gasteiger partial charge in [-0.05, 0) is 36.4 Å². The number of hydrogen-bond donors (Lipinski definition) is 1. The molecule has 1 fully saturated rings. The highest BCUT2D eigenvalue weighted by molar-refractivity contribution is 7.89. The lowest BCUT2D eigenvalue weighted by Gasteiger charge is -2.26. The number of ether oxygens (including phenoxy) is 4. The van der Waals surface area contributed by atoms with Crippen molar-refractivity contribution in [3.63, 3.8) is 0 Å². The molecule has 10 heteroatoms. The molecule has 0 atom stereocenters. The van der Waals surface area contributed by atoms with E-state index in [0.29, 0.717) is 55.7 Å². The van der Waals surface area contributed by atoms with Gasteiger partial charge in [0.25, 0.3) is 5.91 Å². The van der Waals surface area contributed by atoms with Gasteiger partial charge in [-0.1, -0.05) is 0 Å². The number of nitrogens with one attached hydrogen (secondary N) is 1. The Balaban J connectivity index is 1.27. The molecule has 30 heavy (non-hydrogen) atoms. The van der Waals surface area contributed by atoms with Crippen molar-refractivity contribution in [3.8, 4) is 17.2 Å². The number of amides is 1. The summed E-state index contributed by atoms with van der Waals surface area (Å²) in [6.45, 7) is 2.18. The van der Waals surface area contributed by atoms with E-state index in [-0.39, 0.29) is 24.2 Å². The highest BCUT2D eigenvalue weighted by atomic mass is 32.2. The normalized spacial score (nSPS) is 16.3. The van der Waals surface area contributed by atoms with E-state index in [1.165, 1.54) is 28.6 Å². The van der Waals surface area contributed by atoms with Gasteiger partial charge in [0.05, 0.1) is 24.7 Å². The van der Waals surface area contributed by atoms with Crippen LogP contribution in [0.1, 0.15) is 10.4 Å². The summed E-state index contributed by atoms with van der Waals surface area (Å²) in [5, 5.41) is 2.75. The van der Waals surface area contributed by atoms with E-state index in [1.54, 1.807) is 18.2 Å². The molecule has 0 saturated carbocycles. The van der Waals surface area contributed by atoms with E-state index in [2.05, 4.69) is 5.32 Å². The van der Waals surface area contributed by atoms with Gasteiger partial charge in [-0.15, -0.1) is 0 Å². The second-order valence-electron chi connectivity index (χ2n) is 6.66. The highest BCUT2D eigenvalue weighted by Gasteiger charge is 2.26. The summed E-state index contributed by atoms with van der Waals surface area (Å²) in [6.07, 6.45) is 0. The summed E-state index contributed by atoms with van der Waals surface area (Å²) in [4.78, 5) is 12.5. The summed E-state index contributed by atoms with van der Waals surface area (Å²) in [6, 6.07) is 11.2. The van der Waals surface area contributed by atoms with Crippen LogP contribution in [0.4, 0.5) is 0 Å². The fourth-order valence-electron chi connectivity index (χ4n) is 3.12. The van der Waals surface area contributed by atoms with Gasteiger partial charge in [0.15, 0.2) is 11.5 Å². The molecule has 0 unspecified atom stereocenters. The van der Waals surface area contributed by atoms with Crippen LogP contribution in [0.5, 0.6) is 17.2 Å². The Bertz CT molecular complexity index is 1000. The van der Waals surface area contributed by atoms with Crippen molar-refractivity contribution >= 4 is 15.9 Å². The summed E-state index contributed by atoms with van der Waals surface area (Å²) < 4.78 is 48.0. The first-order chi connectivity index (χ1) is 14.5. The van der Waals surface area contributed by atoms with Crippen molar-refractivity contribution in [2.75, 3.05) is 46.2 Å². The number of carbonyl (C=O) groups excluding carboxylic acids is 1. The van der Waals surface area contributed by atoms with Crippen LogP contribution in [0.2, 0.25) is 0 Å². The first kappa shape index (κ1) is 20.5. The van der Waals surface area contributed by atoms with Crippen LogP contribution >= 0.6 is 0 Å². The molecule has 1 amide bonds. The third kappa shape index (κ3) is 4.50. The predicted molar refractivity (Wildman–Crippen MR) is 106 cm³/mol. The molecule has 1 saturated heterocycles. The maximum atomic E-state index is 12.6. The Labute approximate surface area is 174 Å². The number of carbonyl (C=O) groups is 1. The molecule has 2 aliphatic rings. The molecule has 0 spiro atoms. The molecule has 2 aromatic carbocycles. The minimum Gasteiger partial charge on any atom is -0.492 e. The van der Waals surface area contributed by atoms with Gasteiger partial charge in [-0.25, -0.2) is 8.42 Å².